The van der Waals surface area contributed by atoms with E-state index in [1.54, 1.807) is 13.0 Å². The summed E-state index contributed by atoms with van der Waals surface area (Å²) in [6.45, 7) is 2.38. The zero-order valence-electron chi connectivity index (χ0n) is 10.0. The molecule has 1 N–H and O–H groups in total. The first kappa shape index (κ1) is 12.8. The Bertz CT molecular complexity index is 486. The van der Waals surface area contributed by atoms with Crippen molar-refractivity contribution in [3.05, 3.63) is 16.7 Å². The first-order valence-corrected chi connectivity index (χ1v) is 5.82. The molecule has 1 atom stereocenters. The largest absolute Gasteiger partial charge is 0.495 e. The third kappa shape index (κ3) is 2.06. The minimum absolute atomic E-state index is 0.248. The molecule has 0 fully saturated rings. The summed E-state index contributed by atoms with van der Waals surface area (Å²) in [4.78, 5) is 11.1. The molecular formula is C12H13ClO5. The summed E-state index contributed by atoms with van der Waals surface area (Å²) < 4.78 is 16.0. The molecule has 0 saturated heterocycles. The van der Waals surface area contributed by atoms with E-state index in [4.69, 9.17) is 30.9 Å². The number of halogens is 1. The van der Waals surface area contributed by atoms with Crippen LogP contribution in [-0.4, -0.2) is 31.4 Å². The summed E-state index contributed by atoms with van der Waals surface area (Å²) in [5.74, 6) is -0.526. The third-order valence-corrected chi connectivity index (χ3v) is 3.14. The fraction of sp³-hybridized carbons (Fsp3) is 0.417. The molecule has 2 rings (SSSR count). The van der Waals surface area contributed by atoms with Crippen molar-refractivity contribution in [2.45, 2.75) is 12.8 Å². The molecule has 1 heterocycles. The van der Waals surface area contributed by atoms with E-state index in [-0.39, 0.29) is 5.02 Å². The van der Waals surface area contributed by atoms with Crippen LogP contribution in [0.3, 0.4) is 0 Å². The Labute approximate surface area is 109 Å². The highest BCUT2D eigenvalue weighted by Gasteiger charge is 2.27. The van der Waals surface area contributed by atoms with Gasteiger partial charge in [0.05, 0.1) is 13.0 Å². The third-order valence-electron chi connectivity index (χ3n) is 2.80. The van der Waals surface area contributed by atoms with Crippen LogP contribution in [0.15, 0.2) is 6.07 Å². The van der Waals surface area contributed by atoms with Gasteiger partial charge in [-0.3, -0.25) is 4.79 Å². The molecular weight excluding hydrogens is 260 g/mol. The second kappa shape index (κ2) is 4.94. The van der Waals surface area contributed by atoms with Crippen molar-refractivity contribution >= 4 is 17.6 Å². The lowest BCUT2D eigenvalue weighted by Gasteiger charge is -2.23. The first-order chi connectivity index (χ1) is 8.56. The molecule has 5 nitrogen and oxygen atoms in total. The van der Waals surface area contributed by atoms with E-state index >= 15 is 0 Å². The number of hydrogen-bond donors (Lipinski definition) is 1. The molecule has 1 aliphatic rings. The molecule has 0 aliphatic carbocycles. The van der Waals surface area contributed by atoms with Gasteiger partial charge in [-0.15, -0.1) is 0 Å². The lowest BCUT2D eigenvalue weighted by atomic mass is 9.99. The maximum Gasteiger partial charge on any atom is 0.310 e. The Morgan fingerprint density at radius 1 is 1.50 bits per heavy atom. The monoisotopic (exact) mass is 272 g/mol. The summed E-state index contributed by atoms with van der Waals surface area (Å²) in [6.07, 6.45) is 0. The van der Waals surface area contributed by atoms with Crippen molar-refractivity contribution < 1.29 is 24.1 Å². The molecule has 1 aliphatic heterocycles. The minimum Gasteiger partial charge on any atom is -0.495 e. The summed E-state index contributed by atoms with van der Waals surface area (Å²) in [5, 5.41) is 9.33. The second-order valence-electron chi connectivity index (χ2n) is 3.90. The molecule has 0 saturated carbocycles. The van der Waals surface area contributed by atoms with Crippen molar-refractivity contribution in [2.75, 3.05) is 20.3 Å². The Balaban J connectivity index is 2.58. The number of carboxylic acid groups (broad SMARTS) is 1. The fourth-order valence-electron chi connectivity index (χ4n) is 1.81. The molecule has 1 aromatic carbocycles. The van der Waals surface area contributed by atoms with Crippen LogP contribution in [0.5, 0.6) is 17.2 Å². The Morgan fingerprint density at radius 2 is 2.17 bits per heavy atom. The lowest BCUT2D eigenvalue weighted by Crippen LogP contribution is -2.17. The highest BCUT2D eigenvalue weighted by atomic mass is 35.5. The molecule has 98 valence electrons. The molecule has 18 heavy (non-hydrogen) atoms. The highest BCUT2D eigenvalue weighted by molar-refractivity contribution is 6.34. The van der Waals surface area contributed by atoms with Crippen molar-refractivity contribution in [3.63, 3.8) is 0 Å². The Morgan fingerprint density at radius 3 is 2.78 bits per heavy atom. The van der Waals surface area contributed by atoms with Gasteiger partial charge in [-0.1, -0.05) is 11.6 Å². The van der Waals surface area contributed by atoms with Crippen molar-refractivity contribution in [1.82, 2.24) is 0 Å². The predicted octanol–water partition coefficient (Wildman–Crippen LogP) is 2.31. The molecule has 0 amide bonds. The van der Waals surface area contributed by atoms with Crippen molar-refractivity contribution in [2.24, 2.45) is 0 Å². The zero-order chi connectivity index (χ0) is 13.3. The van der Waals surface area contributed by atoms with Gasteiger partial charge in [-0.05, 0) is 13.0 Å². The fourth-order valence-corrected chi connectivity index (χ4v) is 2.14. The number of benzene rings is 1. The molecule has 6 heteroatoms. The van der Waals surface area contributed by atoms with Gasteiger partial charge in [0, 0.05) is 5.56 Å². The predicted molar refractivity (Wildman–Crippen MR) is 65.0 cm³/mol. The van der Waals surface area contributed by atoms with Crippen LogP contribution in [0, 0.1) is 0 Å². The molecule has 1 aromatic rings. The van der Waals surface area contributed by atoms with Crippen LogP contribution < -0.4 is 14.2 Å². The summed E-state index contributed by atoms with van der Waals surface area (Å²) in [6, 6.07) is 1.61. The average Bonchev–Trinajstić information content (AvgIpc) is 2.37. The van der Waals surface area contributed by atoms with E-state index in [9.17, 15) is 4.79 Å². The minimum atomic E-state index is -0.957. The van der Waals surface area contributed by atoms with Crippen LogP contribution >= 0.6 is 11.6 Å². The average molecular weight is 273 g/mol. The number of carboxylic acids is 1. The first-order valence-electron chi connectivity index (χ1n) is 5.45. The molecule has 0 bridgehead atoms. The topological polar surface area (TPSA) is 65.0 Å². The summed E-state index contributed by atoms with van der Waals surface area (Å²) in [5.41, 5.74) is 0.472. The maximum atomic E-state index is 11.1. The van der Waals surface area contributed by atoms with Gasteiger partial charge in [0.25, 0.3) is 0 Å². The Kier molecular flexibility index (Phi) is 3.52. The standard InChI is InChI=1S/C12H13ClO5/c1-6(12(14)15)7-5-8-11(18-4-3-17-8)9(13)10(7)16-2/h5-6H,3-4H2,1-2H3,(H,14,15). The van der Waals surface area contributed by atoms with Crippen LogP contribution in [-0.2, 0) is 4.79 Å². The summed E-state index contributed by atoms with van der Waals surface area (Å²) >= 11 is 6.16. The van der Waals surface area contributed by atoms with Gasteiger partial charge >= 0.3 is 5.97 Å². The van der Waals surface area contributed by atoms with Gasteiger partial charge < -0.3 is 19.3 Å². The van der Waals surface area contributed by atoms with Gasteiger partial charge in [-0.25, -0.2) is 0 Å². The summed E-state index contributed by atoms with van der Waals surface area (Å²) in [7, 11) is 1.44. The number of carbonyl (C=O) groups is 1. The Hall–Kier alpha value is -1.62. The number of ether oxygens (including phenoxy) is 3. The number of methoxy groups -OCH3 is 1. The number of rotatable bonds is 3. The molecule has 1 unspecified atom stereocenters. The molecule has 0 spiro atoms. The highest BCUT2D eigenvalue weighted by Crippen LogP contribution is 2.47. The normalized spacial score (nSPS) is 15.1. The van der Waals surface area contributed by atoms with Crippen LogP contribution in [0.25, 0.3) is 0 Å². The van der Waals surface area contributed by atoms with Crippen LogP contribution in [0.1, 0.15) is 18.4 Å². The second-order valence-corrected chi connectivity index (χ2v) is 4.28. The van der Waals surface area contributed by atoms with E-state index < -0.39 is 11.9 Å². The van der Waals surface area contributed by atoms with Gasteiger partial charge in [0.2, 0.25) is 0 Å². The van der Waals surface area contributed by atoms with E-state index in [1.165, 1.54) is 7.11 Å². The lowest BCUT2D eigenvalue weighted by molar-refractivity contribution is -0.138. The van der Waals surface area contributed by atoms with E-state index in [0.717, 1.165) is 0 Å². The quantitative estimate of drug-likeness (QED) is 0.915. The molecule has 0 aromatic heterocycles. The number of fused-ring (bicyclic) bond motifs is 1. The van der Waals surface area contributed by atoms with Gasteiger partial charge in [-0.2, -0.15) is 0 Å². The van der Waals surface area contributed by atoms with E-state index in [2.05, 4.69) is 0 Å². The van der Waals surface area contributed by atoms with Crippen molar-refractivity contribution in [3.8, 4) is 17.2 Å². The van der Waals surface area contributed by atoms with Crippen molar-refractivity contribution in [1.29, 1.82) is 0 Å². The number of aliphatic carboxylic acids is 1. The van der Waals surface area contributed by atoms with Crippen LogP contribution in [0.2, 0.25) is 5.02 Å². The zero-order valence-corrected chi connectivity index (χ0v) is 10.8. The smallest absolute Gasteiger partial charge is 0.310 e. The SMILES string of the molecule is COc1c(C(C)C(=O)O)cc2c(c1Cl)OCCO2. The van der Waals surface area contributed by atoms with Gasteiger partial charge in [0.1, 0.15) is 24.0 Å². The van der Waals surface area contributed by atoms with Crippen LogP contribution in [0.4, 0.5) is 0 Å². The number of hydrogen-bond acceptors (Lipinski definition) is 4. The van der Waals surface area contributed by atoms with E-state index in [1.807, 2.05) is 0 Å². The molecule has 0 radical (unpaired) electrons. The maximum absolute atomic E-state index is 11.1. The van der Waals surface area contributed by atoms with E-state index in [0.29, 0.717) is 36.0 Å². The van der Waals surface area contributed by atoms with Gasteiger partial charge in [0.15, 0.2) is 11.5 Å².